The third-order valence-corrected chi connectivity index (χ3v) is 8.80. The van der Waals surface area contributed by atoms with Gasteiger partial charge in [-0.25, -0.2) is 9.59 Å². The minimum atomic E-state index is -1.61. The van der Waals surface area contributed by atoms with Gasteiger partial charge in [0.2, 0.25) is 0 Å². The molecule has 2 aliphatic heterocycles. The van der Waals surface area contributed by atoms with Crippen molar-refractivity contribution in [3.63, 3.8) is 0 Å². The standard InChI is InChI=1S/C30H36O12/c1-12-8-20(39-29(38)18(33)9-15-4-6-16(32)7-5-15)23-14(3)28(37)42-27(23)22-13(2)19(10-17(12)22)40-30-26(36)25(35)24(34)21(11-31)41-30/h4-7,17-27,30-36H,1-3,8-11H2/t17-,18?,19-,20+,21+,22-,23+,24+,25-,26+,27?,30+/m0/s1. The summed E-state index contributed by atoms with van der Waals surface area (Å²) in [5.41, 5.74) is 1.91. The zero-order valence-electron chi connectivity index (χ0n) is 22.8. The van der Waals surface area contributed by atoms with E-state index in [2.05, 4.69) is 19.7 Å². The van der Waals surface area contributed by atoms with Crippen molar-refractivity contribution >= 4 is 11.9 Å². The molecule has 12 atom stereocenters. The van der Waals surface area contributed by atoms with Gasteiger partial charge in [0.05, 0.1) is 18.6 Å². The van der Waals surface area contributed by atoms with Gasteiger partial charge in [0.15, 0.2) is 12.4 Å². The number of phenols is 1. The Morgan fingerprint density at radius 2 is 1.74 bits per heavy atom. The van der Waals surface area contributed by atoms with Crippen LogP contribution in [0.5, 0.6) is 5.75 Å². The molecule has 2 aliphatic carbocycles. The van der Waals surface area contributed by atoms with Gasteiger partial charge in [0.25, 0.3) is 0 Å². The number of aromatic hydroxyl groups is 1. The zero-order valence-corrected chi connectivity index (χ0v) is 22.8. The van der Waals surface area contributed by atoms with Crippen LogP contribution in [0.2, 0.25) is 0 Å². The third kappa shape index (κ3) is 5.51. The molecule has 4 fully saturated rings. The average Bonchev–Trinajstić information content (AvgIpc) is 3.40. The fourth-order valence-corrected chi connectivity index (χ4v) is 6.50. The number of ether oxygens (including phenoxy) is 4. The van der Waals surface area contributed by atoms with Crippen LogP contribution in [0.25, 0.3) is 0 Å². The second-order valence-corrected chi connectivity index (χ2v) is 11.4. The summed E-state index contributed by atoms with van der Waals surface area (Å²) in [5.74, 6) is -3.07. The van der Waals surface area contributed by atoms with Crippen LogP contribution in [0.3, 0.4) is 0 Å². The number of phenolic OH excluding ortho intramolecular Hbond substituents is 1. The molecule has 0 spiro atoms. The van der Waals surface area contributed by atoms with E-state index in [1.54, 1.807) is 12.1 Å². The van der Waals surface area contributed by atoms with Crippen molar-refractivity contribution < 1.29 is 59.2 Å². The molecule has 6 N–H and O–H groups in total. The van der Waals surface area contributed by atoms with Crippen molar-refractivity contribution in [2.75, 3.05) is 6.61 Å². The summed E-state index contributed by atoms with van der Waals surface area (Å²) >= 11 is 0. The van der Waals surface area contributed by atoms with E-state index in [1.165, 1.54) is 12.1 Å². The molecule has 12 nitrogen and oxygen atoms in total. The highest BCUT2D eigenvalue weighted by Crippen LogP contribution is 2.53. The summed E-state index contributed by atoms with van der Waals surface area (Å²) in [6.45, 7) is 11.7. The van der Waals surface area contributed by atoms with E-state index < -0.39 is 85.5 Å². The maximum atomic E-state index is 13.0. The second-order valence-electron chi connectivity index (χ2n) is 11.4. The van der Waals surface area contributed by atoms with E-state index in [0.29, 0.717) is 23.1 Å². The lowest BCUT2D eigenvalue weighted by Gasteiger charge is -2.40. The fraction of sp³-hybridized carbons (Fsp3) is 0.533. The molecule has 0 bridgehead atoms. The Kier molecular flexibility index (Phi) is 8.59. The molecule has 0 amide bonds. The summed E-state index contributed by atoms with van der Waals surface area (Å²) in [7, 11) is 0. The first kappa shape index (κ1) is 30.4. The summed E-state index contributed by atoms with van der Waals surface area (Å²) in [5, 5.41) is 60.2. The number of aliphatic hydroxyl groups is 5. The lowest BCUT2D eigenvalue weighted by atomic mass is 9.81. The van der Waals surface area contributed by atoms with Crippen LogP contribution in [-0.4, -0.2) is 104 Å². The molecular formula is C30H36O12. The second kappa shape index (κ2) is 11.9. The number of hydrogen-bond acceptors (Lipinski definition) is 12. The van der Waals surface area contributed by atoms with Crippen LogP contribution in [0, 0.1) is 17.8 Å². The van der Waals surface area contributed by atoms with Crippen LogP contribution in [-0.2, 0) is 35.0 Å². The molecule has 228 valence electrons. The molecule has 12 heteroatoms. The summed E-state index contributed by atoms with van der Waals surface area (Å²) in [4.78, 5) is 25.7. The van der Waals surface area contributed by atoms with Crippen molar-refractivity contribution in [3.05, 3.63) is 66.3 Å². The molecule has 1 aromatic rings. The van der Waals surface area contributed by atoms with Crippen LogP contribution in [0.4, 0.5) is 0 Å². The maximum Gasteiger partial charge on any atom is 0.335 e. The topological polar surface area (TPSA) is 192 Å². The van der Waals surface area contributed by atoms with Gasteiger partial charge in [0.1, 0.15) is 42.4 Å². The van der Waals surface area contributed by atoms with Crippen LogP contribution in [0.1, 0.15) is 18.4 Å². The molecule has 5 rings (SSSR count). The van der Waals surface area contributed by atoms with Gasteiger partial charge >= 0.3 is 11.9 Å². The quantitative estimate of drug-likeness (QED) is 0.138. The molecule has 4 aliphatic rings. The van der Waals surface area contributed by atoms with Crippen molar-refractivity contribution in [1.29, 1.82) is 0 Å². The maximum absolute atomic E-state index is 13.0. The molecule has 2 saturated heterocycles. The zero-order chi connectivity index (χ0) is 30.5. The Bertz CT molecular complexity index is 1240. The van der Waals surface area contributed by atoms with Gasteiger partial charge in [-0.05, 0) is 35.6 Å². The first-order chi connectivity index (χ1) is 19.9. The van der Waals surface area contributed by atoms with E-state index >= 15 is 0 Å². The van der Waals surface area contributed by atoms with Gasteiger partial charge in [-0.15, -0.1) is 0 Å². The van der Waals surface area contributed by atoms with Gasteiger partial charge in [-0.2, -0.15) is 0 Å². The number of hydrogen-bond donors (Lipinski definition) is 6. The molecule has 0 radical (unpaired) electrons. The summed E-state index contributed by atoms with van der Waals surface area (Å²) < 4.78 is 23.0. The number of carbonyl (C=O) groups is 2. The van der Waals surface area contributed by atoms with Gasteiger partial charge in [-0.1, -0.05) is 37.4 Å². The third-order valence-electron chi connectivity index (χ3n) is 8.80. The van der Waals surface area contributed by atoms with Crippen molar-refractivity contribution in [1.82, 2.24) is 0 Å². The molecule has 0 aromatic heterocycles. The number of aliphatic hydroxyl groups excluding tert-OH is 5. The van der Waals surface area contributed by atoms with E-state index in [9.17, 15) is 40.2 Å². The number of benzene rings is 1. The molecule has 2 heterocycles. The van der Waals surface area contributed by atoms with E-state index in [1.807, 2.05) is 0 Å². The van der Waals surface area contributed by atoms with Gasteiger partial charge < -0.3 is 49.6 Å². The minimum Gasteiger partial charge on any atom is -0.508 e. The summed E-state index contributed by atoms with van der Waals surface area (Å²) in [6.07, 6.45) is -10.8. The predicted octanol–water partition coefficient (Wildman–Crippen LogP) is -0.357. The van der Waals surface area contributed by atoms with Crippen molar-refractivity contribution in [2.45, 2.75) is 74.4 Å². The van der Waals surface area contributed by atoms with Crippen molar-refractivity contribution in [2.24, 2.45) is 17.8 Å². The Balaban J connectivity index is 1.32. The lowest BCUT2D eigenvalue weighted by Crippen LogP contribution is -2.59. The fourth-order valence-electron chi connectivity index (χ4n) is 6.50. The monoisotopic (exact) mass is 588 g/mol. The van der Waals surface area contributed by atoms with E-state index in [4.69, 9.17) is 18.9 Å². The number of fused-ring (bicyclic) bond motifs is 3. The highest BCUT2D eigenvalue weighted by Gasteiger charge is 2.58. The Hall–Kier alpha value is -3.10. The van der Waals surface area contributed by atoms with Gasteiger partial charge in [0, 0.05) is 24.3 Å². The lowest BCUT2D eigenvalue weighted by molar-refractivity contribution is -0.308. The average molecular weight is 589 g/mol. The highest BCUT2D eigenvalue weighted by atomic mass is 16.7. The van der Waals surface area contributed by atoms with Crippen LogP contribution < -0.4 is 0 Å². The van der Waals surface area contributed by atoms with Gasteiger partial charge in [-0.3, -0.25) is 0 Å². The Morgan fingerprint density at radius 3 is 2.40 bits per heavy atom. The highest BCUT2D eigenvalue weighted by molar-refractivity contribution is 5.91. The van der Waals surface area contributed by atoms with E-state index in [-0.39, 0.29) is 30.1 Å². The molecule has 2 unspecified atom stereocenters. The number of esters is 2. The first-order valence-corrected chi connectivity index (χ1v) is 13.8. The van der Waals surface area contributed by atoms with Crippen LogP contribution in [0.15, 0.2) is 60.7 Å². The molecule has 1 aromatic carbocycles. The largest absolute Gasteiger partial charge is 0.508 e. The molecule has 42 heavy (non-hydrogen) atoms. The normalized spacial score (nSPS) is 38.8. The van der Waals surface area contributed by atoms with E-state index in [0.717, 1.165) is 0 Å². The first-order valence-electron chi connectivity index (χ1n) is 13.8. The van der Waals surface area contributed by atoms with Crippen molar-refractivity contribution in [3.8, 4) is 5.75 Å². The molecular weight excluding hydrogens is 552 g/mol. The Labute approximate surface area is 242 Å². The molecule has 2 saturated carbocycles. The minimum absolute atomic E-state index is 0.0454. The Morgan fingerprint density at radius 1 is 1.05 bits per heavy atom. The predicted molar refractivity (Wildman–Crippen MR) is 143 cm³/mol. The number of carbonyl (C=O) groups excluding carboxylic acids is 2. The smallest absolute Gasteiger partial charge is 0.335 e. The summed E-state index contributed by atoms with van der Waals surface area (Å²) in [6, 6.07) is 6.05. The number of rotatable bonds is 7. The van der Waals surface area contributed by atoms with Crippen LogP contribution >= 0.6 is 0 Å². The SMILES string of the molecule is C=C1[C@@H](O[C@@H]2O[C@H](CO)[C@@H](O)[C@H](O)[C@H]2O)C[C@H]2C(=C)C[C@@H](OC(=O)C(O)Cc3ccc(O)cc3)[C@H]3C(=C)C(=O)OC3[C@@H]12.